The maximum atomic E-state index is 12.9. The highest BCUT2D eigenvalue weighted by atomic mass is 32.2. The van der Waals surface area contributed by atoms with Crippen molar-refractivity contribution in [2.45, 2.75) is 56.4 Å². The van der Waals surface area contributed by atoms with Crippen molar-refractivity contribution in [3.05, 3.63) is 53.6 Å². The van der Waals surface area contributed by atoms with Gasteiger partial charge < -0.3 is 14.5 Å². The van der Waals surface area contributed by atoms with Crippen molar-refractivity contribution < 1.29 is 22.7 Å². The molecule has 0 aromatic heterocycles. The quantitative estimate of drug-likeness (QED) is 0.602. The van der Waals surface area contributed by atoms with E-state index in [2.05, 4.69) is 4.72 Å². The molecule has 0 spiro atoms. The van der Waals surface area contributed by atoms with Gasteiger partial charge in [0.1, 0.15) is 5.75 Å². The number of carbonyl (C=O) groups is 2. The van der Waals surface area contributed by atoms with Crippen LogP contribution in [-0.4, -0.2) is 51.9 Å². The van der Waals surface area contributed by atoms with Crippen molar-refractivity contribution in [1.29, 1.82) is 0 Å². The molecule has 2 aliphatic rings. The van der Waals surface area contributed by atoms with Crippen LogP contribution in [0.1, 0.15) is 49.7 Å². The van der Waals surface area contributed by atoms with E-state index in [4.69, 9.17) is 4.74 Å². The lowest BCUT2D eigenvalue weighted by Crippen LogP contribution is -2.34. The normalized spacial score (nSPS) is 16.0. The van der Waals surface area contributed by atoms with Gasteiger partial charge in [0.05, 0.1) is 12.0 Å². The van der Waals surface area contributed by atoms with Crippen LogP contribution in [-0.2, 0) is 32.6 Å². The smallest absolute Gasteiger partial charge is 0.240 e. The van der Waals surface area contributed by atoms with Gasteiger partial charge in [0, 0.05) is 44.7 Å². The summed E-state index contributed by atoms with van der Waals surface area (Å²) in [5.41, 5.74) is 2.37. The molecule has 0 radical (unpaired) electrons. The van der Waals surface area contributed by atoms with Crippen LogP contribution in [0.2, 0.25) is 0 Å². The van der Waals surface area contributed by atoms with Crippen LogP contribution in [0.5, 0.6) is 5.75 Å². The highest BCUT2D eigenvalue weighted by Crippen LogP contribution is 2.31. The second kappa shape index (κ2) is 11.2. The molecule has 2 aliphatic heterocycles. The Bertz CT molecular complexity index is 1160. The minimum absolute atomic E-state index is 0.0454. The molecule has 1 saturated heterocycles. The standard InChI is InChI=1S/C26H33N3O5S/c1-34-22-8-6-20(7-9-22)19-27-35(32,33)23-10-11-24-21(18-23)14-17-29(24)26(31)13-12-25(30)28-15-4-2-3-5-16-28/h6-11,18,27H,2-5,12-17,19H2,1H3. The minimum atomic E-state index is -3.71. The average molecular weight is 500 g/mol. The van der Waals surface area contributed by atoms with E-state index in [0.29, 0.717) is 18.7 Å². The summed E-state index contributed by atoms with van der Waals surface area (Å²) in [7, 11) is -2.13. The lowest BCUT2D eigenvalue weighted by atomic mass is 10.2. The van der Waals surface area contributed by atoms with Crippen LogP contribution < -0.4 is 14.4 Å². The van der Waals surface area contributed by atoms with Crippen molar-refractivity contribution in [1.82, 2.24) is 9.62 Å². The number of nitrogens with one attached hydrogen (secondary N) is 1. The van der Waals surface area contributed by atoms with E-state index in [1.54, 1.807) is 36.3 Å². The van der Waals surface area contributed by atoms with Gasteiger partial charge in [-0.25, -0.2) is 13.1 Å². The minimum Gasteiger partial charge on any atom is -0.497 e. The molecule has 2 aromatic rings. The summed E-state index contributed by atoms with van der Waals surface area (Å²) in [5, 5.41) is 0. The molecule has 0 atom stereocenters. The maximum absolute atomic E-state index is 12.9. The van der Waals surface area contributed by atoms with Crippen LogP contribution in [0.4, 0.5) is 5.69 Å². The molecule has 0 bridgehead atoms. The summed E-state index contributed by atoms with van der Waals surface area (Å²) >= 11 is 0. The number of sulfonamides is 1. The molecular weight excluding hydrogens is 466 g/mol. The fourth-order valence-electron chi connectivity index (χ4n) is 4.64. The Morgan fingerprint density at radius 1 is 0.914 bits per heavy atom. The number of anilines is 1. The first-order chi connectivity index (χ1) is 16.9. The van der Waals surface area contributed by atoms with Crippen LogP contribution in [0.25, 0.3) is 0 Å². The molecular formula is C26H33N3O5S. The number of ether oxygens (including phenoxy) is 1. The molecule has 8 nitrogen and oxygen atoms in total. The van der Waals surface area contributed by atoms with E-state index in [9.17, 15) is 18.0 Å². The van der Waals surface area contributed by atoms with E-state index >= 15 is 0 Å². The number of amides is 2. The van der Waals surface area contributed by atoms with Crippen molar-refractivity contribution in [3.63, 3.8) is 0 Å². The summed E-state index contributed by atoms with van der Waals surface area (Å²) in [4.78, 5) is 29.1. The largest absolute Gasteiger partial charge is 0.497 e. The molecule has 1 fully saturated rings. The van der Waals surface area contributed by atoms with Gasteiger partial charge >= 0.3 is 0 Å². The Hall–Kier alpha value is -2.91. The Labute approximate surface area is 207 Å². The molecule has 0 unspecified atom stereocenters. The van der Waals surface area contributed by atoms with Gasteiger partial charge in [0.2, 0.25) is 21.8 Å². The number of carbonyl (C=O) groups excluding carboxylic acids is 2. The first kappa shape index (κ1) is 25.2. The van der Waals surface area contributed by atoms with Gasteiger partial charge in [0.15, 0.2) is 0 Å². The summed E-state index contributed by atoms with van der Waals surface area (Å²) < 4.78 is 33.4. The predicted octanol–water partition coefficient (Wildman–Crippen LogP) is 3.25. The summed E-state index contributed by atoms with van der Waals surface area (Å²) in [6, 6.07) is 12.1. The summed E-state index contributed by atoms with van der Waals surface area (Å²) in [5.74, 6) is 0.657. The Morgan fingerprint density at radius 3 is 2.29 bits per heavy atom. The Balaban J connectivity index is 1.35. The van der Waals surface area contributed by atoms with Crippen LogP contribution >= 0.6 is 0 Å². The van der Waals surface area contributed by atoms with Crippen molar-refractivity contribution in [2.24, 2.45) is 0 Å². The highest BCUT2D eigenvalue weighted by Gasteiger charge is 2.27. The number of methoxy groups -OCH3 is 1. The molecule has 4 rings (SSSR count). The van der Waals surface area contributed by atoms with Crippen LogP contribution in [0.3, 0.4) is 0 Å². The van der Waals surface area contributed by atoms with Crippen LogP contribution in [0, 0.1) is 0 Å². The molecule has 2 aromatic carbocycles. The molecule has 1 N–H and O–H groups in total. The predicted molar refractivity (Wildman–Crippen MR) is 134 cm³/mol. The number of hydrogen-bond acceptors (Lipinski definition) is 5. The second-order valence-electron chi connectivity index (χ2n) is 9.05. The Morgan fingerprint density at radius 2 is 1.60 bits per heavy atom. The number of rotatable bonds is 8. The fraction of sp³-hybridized carbons (Fsp3) is 0.462. The van der Waals surface area contributed by atoms with Gasteiger partial charge in [-0.1, -0.05) is 25.0 Å². The molecule has 188 valence electrons. The second-order valence-corrected chi connectivity index (χ2v) is 10.8. The highest BCUT2D eigenvalue weighted by molar-refractivity contribution is 7.89. The number of fused-ring (bicyclic) bond motifs is 1. The maximum Gasteiger partial charge on any atom is 0.240 e. The number of hydrogen-bond donors (Lipinski definition) is 1. The molecule has 2 amide bonds. The van der Waals surface area contributed by atoms with Gasteiger partial charge in [-0.2, -0.15) is 0 Å². The number of nitrogens with zero attached hydrogens (tertiary/aromatic N) is 2. The van der Waals surface area contributed by atoms with E-state index < -0.39 is 10.0 Å². The zero-order chi connectivity index (χ0) is 24.8. The summed E-state index contributed by atoms with van der Waals surface area (Å²) in [6.07, 6.45) is 5.33. The third kappa shape index (κ3) is 6.21. The molecule has 35 heavy (non-hydrogen) atoms. The number of benzene rings is 2. The zero-order valence-corrected chi connectivity index (χ0v) is 21.0. The molecule has 0 aliphatic carbocycles. The van der Waals surface area contributed by atoms with Crippen LogP contribution in [0.15, 0.2) is 47.4 Å². The first-order valence-corrected chi connectivity index (χ1v) is 13.7. The van der Waals surface area contributed by atoms with Crippen molar-refractivity contribution in [2.75, 3.05) is 31.6 Å². The lowest BCUT2D eigenvalue weighted by Gasteiger charge is -2.21. The third-order valence-electron chi connectivity index (χ3n) is 6.69. The van der Waals surface area contributed by atoms with Gasteiger partial charge in [-0.3, -0.25) is 9.59 Å². The van der Waals surface area contributed by atoms with Crippen molar-refractivity contribution >= 4 is 27.5 Å². The Kier molecular flexibility index (Phi) is 8.07. The molecule has 0 saturated carbocycles. The topological polar surface area (TPSA) is 96.0 Å². The fourth-order valence-corrected chi connectivity index (χ4v) is 5.70. The number of likely N-dealkylation sites (tertiary alicyclic amines) is 1. The summed E-state index contributed by atoms with van der Waals surface area (Å²) in [6.45, 7) is 2.22. The van der Waals surface area contributed by atoms with E-state index in [1.165, 1.54) is 6.07 Å². The first-order valence-electron chi connectivity index (χ1n) is 12.2. The lowest BCUT2D eigenvalue weighted by molar-refractivity contribution is -0.133. The third-order valence-corrected chi connectivity index (χ3v) is 8.09. The monoisotopic (exact) mass is 499 g/mol. The zero-order valence-electron chi connectivity index (χ0n) is 20.2. The van der Waals surface area contributed by atoms with E-state index in [1.807, 2.05) is 17.0 Å². The average Bonchev–Trinajstić information content (AvgIpc) is 3.10. The van der Waals surface area contributed by atoms with Crippen molar-refractivity contribution in [3.8, 4) is 5.75 Å². The van der Waals surface area contributed by atoms with Gasteiger partial charge in [-0.05, 0) is 60.7 Å². The van der Waals surface area contributed by atoms with E-state index in [-0.39, 0.29) is 36.1 Å². The SMILES string of the molecule is COc1ccc(CNS(=O)(=O)c2ccc3c(c2)CCN3C(=O)CCC(=O)N2CCCCCC2)cc1. The molecule has 2 heterocycles. The van der Waals surface area contributed by atoms with E-state index in [0.717, 1.165) is 55.6 Å². The molecule has 9 heteroatoms. The van der Waals surface area contributed by atoms with Gasteiger partial charge in [-0.15, -0.1) is 0 Å². The van der Waals surface area contributed by atoms with Gasteiger partial charge in [0.25, 0.3) is 0 Å².